The average molecular weight is 479 g/mol. The molecule has 1 aromatic heterocycles. The molecule has 4 rings (SSSR count). The Bertz CT molecular complexity index is 1230. The van der Waals surface area contributed by atoms with Crippen molar-refractivity contribution in [2.45, 2.75) is 19.9 Å². The maximum absolute atomic E-state index is 12.6. The number of rotatable bonds is 9. The highest BCUT2D eigenvalue weighted by atomic mass is 35.5. The Morgan fingerprint density at radius 3 is 2.61 bits per heavy atom. The van der Waals surface area contributed by atoms with Gasteiger partial charge in [0.1, 0.15) is 28.0 Å². The highest BCUT2D eigenvalue weighted by Gasteiger charge is 2.14. The molecule has 5 nitrogen and oxygen atoms in total. The van der Waals surface area contributed by atoms with Gasteiger partial charge in [-0.15, -0.1) is 11.3 Å². The van der Waals surface area contributed by atoms with Crippen LogP contribution in [0.25, 0.3) is 10.6 Å². The van der Waals surface area contributed by atoms with E-state index in [1.54, 1.807) is 11.4 Å². The zero-order chi connectivity index (χ0) is 23.0. The molecule has 7 heteroatoms. The molecular weight excluding hydrogens is 456 g/mol. The van der Waals surface area contributed by atoms with E-state index in [2.05, 4.69) is 10.3 Å². The highest BCUT2D eigenvalue weighted by Crippen LogP contribution is 2.33. The molecule has 0 aliphatic heterocycles. The molecule has 0 atom stereocenters. The van der Waals surface area contributed by atoms with E-state index in [9.17, 15) is 4.79 Å². The summed E-state index contributed by atoms with van der Waals surface area (Å²) in [4.78, 5) is 17.1. The second kappa shape index (κ2) is 11.0. The van der Waals surface area contributed by atoms with Crippen LogP contribution in [-0.2, 0) is 6.54 Å². The average Bonchev–Trinajstić information content (AvgIpc) is 3.32. The van der Waals surface area contributed by atoms with E-state index in [0.29, 0.717) is 34.6 Å². The van der Waals surface area contributed by atoms with Gasteiger partial charge in [0.2, 0.25) is 0 Å². The maximum Gasteiger partial charge on any atom is 0.271 e. The summed E-state index contributed by atoms with van der Waals surface area (Å²) in [5, 5.41) is 5.88. The fourth-order valence-electron chi connectivity index (χ4n) is 3.10. The summed E-state index contributed by atoms with van der Waals surface area (Å²) in [5.41, 5.74) is 2.06. The van der Waals surface area contributed by atoms with Crippen LogP contribution in [0.4, 0.5) is 0 Å². The van der Waals surface area contributed by atoms with Gasteiger partial charge in [-0.2, -0.15) is 0 Å². The summed E-state index contributed by atoms with van der Waals surface area (Å²) in [6.45, 7) is 3.05. The number of aromatic nitrogens is 1. The minimum atomic E-state index is -0.245. The predicted molar refractivity (Wildman–Crippen MR) is 132 cm³/mol. The molecule has 0 aliphatic rings. The number of amides is 1. The summed E-state index contributed by atoms with van der Waals surface area (Å²) >= 11 is 7.80. The van der Waals surface area contributed by atoms with Crippen molar-refractivity contribution in [3.63, 3.8) is 0 Å². The van der Waals surface area contributed by atoms with E-state index < -0.39 is 0 Å². The van der Waals surface area contributed by atoms with Crippen LogP contribution >= 0.6 is 22.9 Å². The van der Waals surface area contributed by atoms with Crippen molar-refractivity contribution in [3.05, 3.63) is 94.5 Å². The van der Waals surface area contributed by atoms with Gasteiger partial charge in [-0.3, -0.25) is 4.79 Å². The van der Waals surface area contributed by atoms with E-state index in [4.69, 9.17) is 21.1 Å². The number of thiazole rings is 1. The largest absolute Gasteiger partial charge is 0.494 e. The zero-order valence-electron chi connectivity index (χ0n) is 18.1. The number of hydrogen-bond acceptors (Lipinski definition) is 5. The lowest BCUT2D eigenvalue weighted by Crippen LogP contribution is -2.23. The SMILES string of the molecule is CCCOc1ccc(-c2nc(C(=O)NCc3cccc(Oc4ccccc4)c3)cs2)c(Cl)c1. The quantitative estimate of drug-likeness (QED) is 0.282. The van der Waals surface area contributed by atoms with Gasteiger partial charge in [0, 0.05) is 17.5 Å². The first-order valence-corrected chi connectivity index (χ1v) is 11.9. The number of ether oxygens (including phenoxy) is 2. The molecule has 1 amide bonds. The minimum absolute atomic E-state index is 0.245. The number of nitrogens with one attached hydrogen (secondary N) is 1. The lowest BCUT2D eigenvalue weighted by atomic mass is 10.2. The molecule has 0 spiro atoms. The van der Waals surface area contributed by atoms with Crippen molar-refractivity contribution in [2.24, 2.45) is 0 Å². The van der Waals surface area contributed by atoms with Gasteiger partial charge in [0.15, 0.2) is 0 Å². The Morgan fingerprint density at radius 2 is 1.82 bits per heavy atom. The normalized spacial score (nSPS) is 10.6. The molecule has 3 aromatic carbocycles. The maximum atomic E-state index is 12.6. The van der Waals surface area contributed by atoms with Crippen molar-refractivity contribution in [2.75, 3.05) is 6.61 Å². The number of carbonyl (C=O) groups excluding carboxylic acids is 1. The Hall–Kier alpha value is -3.35. The molecule has 0 saturated carbocycles. The van der Waals surface area contributed by atoms with Gasteiger partial charge in [0.05, 0.1) is 11.6 Å². The topological polar surface area (TPSA) is 60.5 Å². The monoisotopic (exact) mass is 478 g/mol. The summed E-state index contributed by atoms with van der Waals surface area (Å²) < 4.78 is 11.5. The van der Waals surface area contributed by atoms with Crippen LogP contribution < -0.4 is 14.8 Å². The first-order chi connectivity index (χ1) is 16.1. The second-order valence-electron chi connectivity index (χ2n) is 7.27. The fourth-order valence-corrected chi connectivity index (χ4v) is 4.25. The molecule has 0 saturated heterocycles. The standard InChI is InChI=1S/C26H23ClN2O3S/c1-2-13-31-20-11-12-22(23(27)15-20)26-29-24(17-33-26)25(30)28-16-18-7-6-10-21(14-18)32-19-8-4-3-5-9-19/h3-12,14-15,17H,2,13,16H2,1H3,(H,28,30). The van der Waals surface area contributed by atoms with Crippen molar-refractivity contribution < 1.29 is 14.3 Å². The lowest BCUT2D eigenvalue weighted by Gasteiger charge is -2.08. The van der Waals surface area contributed by atoms with Gasteiger partial charge < -0.3 is 14.8 Å². The van der Waals surface area contributed by atoms with Crippen LogP contribution in [0.3, 0.4) is 0 Å². The Kier molecular flexibility index (Phi) is 7.60. The number of hydrogen-bond donors (Lipinski definition) is 1. The molecule has 0 aliphatic carbocycles. The summed E-state index contributed by atoms with van der Waals surface area (Å²) in [5.74, 6) is 1.95. The first kappa shape index (κ1) is 22.8. The van der Waals surface area contributed by atoms with Gasteiger partial charge in [-0.1, -0.05) is 48.9 Å². The number of nitrogens with zero attached hydrogens (tertiary/aromatic N) is 1. The number of halogens is 1. The van der Waals surface area contributed by atoms with Gasteiger partial charge in [-0.25, -0.2) is 4.98 Å². The van der Waals surface area contributed by atoms with Crippen LogP contribution in [-0.4, -0.2) is 17.5 Å². The molecular formula is C26H23ClN2O3S. The third kappa shape index (κ3) is 6.12. The van der Waals surface area contributed by atoms with Crippen LogP contribution in [0.5, 0.6) is 17.2 Å². The molecule has 1 N–H and O–H groups in total. The summed E-state index contributed by atoms with van der Waals surface area (Å²) in [6, 6.07) is 22.7. The molecule has 4 aromatic rings. The van der Waals surface area contributed by atoms with E-state index in [1.165, 1.54) is 11.3 Å². The van der Waals surface area contributed by atoms with Gasteiger partial charge in [-0.05, 0) is 54.4 Å². The predicted octanol–water partition coefficient (Wildman–Crippen LogP) is 6.97. The van der Waals surface area contributed by atoms with Gasteiger partial charge in [0.25, 0.3) is 5.91 Å². The fraction of sp³-hybridized carbons (Fsp3) is 0.154. The van der Waals surface area contributed by atoms with Crippen LogP contribution in [0, 0.1) is 0 Å². The molecule has 0 fully saturated rings. The van der Waals surface area contributed by atoms with Crippen LogP contribution in [0.1, 0.15) is 29.4 Å². The molecule has 33 heavy (non-hydrogen) atoms. The molecule has 0 radical (unpaired) electrons. The molecule has 168 valence electrons. The van der Waals surface area contributed by atoms with Gasteiger partial charge >= 0.3 is 0 Å². The first-order valence-electron chi connectivity index (χ1n) is 10.6. The van der Waals surface area contributed by atoms with Crippen molar-refractivity contribution in [3.8, 4) is 27.8 Å². The van der Waals surface area contributed by atoms with Crippen molar-refractivity contribution in [1.82, 2.24) is 10.3 Å². The van der Waals surface area contributed by atoms with E-state index >= 15 is 0 Å². The van der Waals surface area contributed by atoms with E-state index in [-0.39, 0.29) is 5.91 Å². The van der Waals surface area contributed by atoms with Crippen LogP contribution in [0.15, 0.2) is 78.2 Å². The third-order valence-electron chi connectivity index (χ3n) is 4.71. The smallest absolute Gasteiger partial charge is 0.271 e. The summed E-state index contributed by atoms with van der Waals surface area (Å²) in [6.07, 6.45) is 0.925. The Labute approximate surface area is 202 Å². The second-order valence-corrected chi connectivity index (χ2v) is 8.54. The van der Waals surface area contributed by atoms with Crippen molar-refractivity contribution >= 4 is 28.8 Å². The highest BCUT2D eigenvalue weighted by molar-refractivity contribution is 7.13. The zero-order valence-corrected chi connectivity index (χ0v) is 19.7. The van der Waals surface area contributed by atoms with E-state index in [1.807, 2.05) is 73.7 Å². The number of benzene rings is 3. The molecule has 0 bridgehead atoms. The minimum Gasteiger partial charge on any atom is -0.494 e. The number of para-hydroxylation sites is 1. The van der Waals surface area contributed by atoms with Crippen LogP contribution in [0.2, 0.25) is 5.02 Å². The Morgan fingerprint density at radius 1 is 1.00 bits per heavy atom. The third-order valence-corrected chi connectivity index (χ3v) is 5.90. The number of carbonyl (C=O) groups is 1. The molecule has 1 heterocycles. The molecule has 0 unspecified atom stereocenters. The Balaban J connectivity index is 1.38. The van der Waals surface area contributed by atoms with Crippen molar-refractivity contribution in [1.29, 1.82) is 0 Å². The van der Waals surface area contributed by atoms with E-state index in [0.717, 1.165) is 29.0 Å². The lowest BCUT2D eigenvalue weighted by molar-refractivity contribution is 0.0946. The summed E-state index contributed by atoms with van der Waals surface area (Å²) in [7, 11) is 0.